The van der Waals surface area contributed by atoms with Gasteiger partial charge in [0.15, 0.2) is 0 Å². The Hall–Kier alpha value is -2.91. The van der Waals surface area contributed by atoms with Crippen molar-refractivity contribution in [2.45, 2.75) is 6.42 Å². The number of hydrogen-bond donors (Lipinski definition) is 3. The lowest BCUT2D eigenvalue weighted by atomic mass is 10.2. The summed E-state index contributed by atoms with van der Waals surface area (Å²) in [4.78, 5) is 29.4. The van der Waals surface area contributed by atoms with Crippen LogP contribution in [-0.2, 0) is 0 Å². The fourth-order valence-electron chi connectivity index (χ4n) is 1.54. The van der Waals surface area contributed by atoms with Crippen molar-refractivity contribution in [3.63, 3.8) is 0 Å². The average Bonchev–Trinajstić information content (AvgIpc) is 2.48. The van der Waals surface area contributed by atoms with Crippen LogP contribution in [0.2, 0.25) is 0 Å². The minimum atomic E-state index is -0.376. The summed E-state index contributed by atoms with van der Waals surface area (Å²) in [5.41, 5.74) is 0.745. The molecule has 0 radical (unpaired) electrons. The first-order valence-corrected chi connectivity index (χ1v) is 6.25. The summed E-state index contributed by atoms with van der Waals surface area (Å²) >= 11 is 0. The third kappa shape index (κ3) is 4.30. The van der Waals surface area contributed by atoms with Gasteiger partial charge in [-0.3, -0.25) is 9.59 Å². The molecule has 2 aromatic heterocycles. The number of rotatable bonds is 3. The lowest BCUT2D eigenvalue weighted by Gasteiger charge is -2.04. The van der Waals surface area contributed by atoms with Crippen LogP contribution in [0.4, 0.5) is 5.82 Å². The van der Waals surface area contributed by atoms with Crippen molar-refractivity contribution in [1.29, 1.82) is 0 Å². The van der Waals surface area contributed by atoms with Gasteiger partial charge in [0.05, 0.1) is 12.2 Å². The molecule has 106 valence electrons. The number of aromatic amines is 1. The molecule has 2 heterocycles. The molecule has 1 amide bonds. The Kier molecular flexibility index (Phi) is 4.85. The minimum Gasteiger partial charge on any atom is -0.395 e. The maximum Gasteiger partial charge on any atom is 0.258 e. The first-order valence-electron chi connectivity index (χ1n) is 6.25. The van der Waals surface area contributed by atoms with Crippen molar-refractivity contribution in [3.8, 4) is 11.8 Å². The van der Waals surface area contributed by atoms with Crippen molar-refractivity contribution < 1.29 is 9.90 Å². The molecule has 6 nitrogen and oxygen atoms in total. The largest absolute Gasteiger partial charge is 0.395 e. The van der Waals surface area contributed by atoms with Gasteiger partial charge < -0.3 is 15.4 Å². The van der Waals surface area contributed by atoms with E-state index in [0.29, 0.717) is 23.4 Å². The zero-order valence-corrected chi connectivity index (χ0v) is 11.1. The number of aliphatic hydroxyl groups excluding tert-OH is 1. The Labute approximate surface area is 120 Å². The van der Waals surface area contributed by atoms with Gasteiger partial charge in [-0.05, 0) is 18.2 Å². The lowest BCUT2D eigenvalue weighted by Crippen LogP contribution is -2.15. The van der Waals surface area contributed by atoms with Crippen molar-refractivity contribution in [2.24, 2.45) is 0 Å². The van der Waals surface area contributed by atoms with Crippen molar-refractivity contribution in [3.05, 3.63) is 58.1 Å². The van der Waals surface area contributed by atoms with Crippen molar-refractivity contribution in [1.82, 2.24) is 9.97 Å². The van der Waals surface area contributed by atoms with E-state index >= 15 is 0 Å². The highest BCUT2D eigenvalue weighted by molar-refractivity contribution is 6.03. The van der Waals surface area contributed by atoms with Gasteiger partial charge in [-0.1, -0.05) is 11.8 Å². The third-order valence-corrected chi connectivity index (χ3v) is 2.52. The number of amides is 1. The first-order chi connectivity index (χ1) is 10.2. The van der Waals surface area contributed by atoms with Crippen LogP contribution in [0.5, 0.6) is 0 Å². The van der Waals surface area contributed by atoms with Crippen LogP contribution < -0.4 is 10.9 Å². The van der Waals surface area contributed by atoms with E-state index in [1.807, 2.05) is 0 Å². The monoisotopic (exact) mass is 283 g/mol. The predicted molar refractivity (Wildman–Crippen MR) is 77.8 cm³/mol. The Bertz CT molecular complexity index is 736. The Morgan fingerprint density at radius 3 is 2.95 bits per heavy atom. The maximum absolute atomic E-state index is 12.0. The molecule has 0 atom stereocenters. The number of hydrogen-bond acceptors (Lipinski definition) is 4. The van der Waals surface area contributed by atoms with Crippen LogP contribution in [-0.4, -0.2) is 27.6 Å². The molecule has 0 aliphatic carbocycles. The van der Waals surface area contributed by atoms with E-state index in [2.05, 4.69) is 27.1 Å². The first kappa shape index (κ1) is 14.5. The second-order valence-corrected chi connectivity index (χ2v) is 4.10. The average molecular weight is 283 g/mol. The highest BCUT2D eigenvalue weighted by Gasteiger charge is 2.06. The third-order valence-electron chi connectivity index (χ3n) is 2.52. The number of H-pyrrole nitrogens is 1. The fourth-order valence-corrected chi connectivity index (χ4v) is 1.54. The molecular formula is C15H13N3O3. The topological polar surface area (TPSA) is 95.1 Å². The van der Waals surface area contributed by atoms with E-state index in [1.165, 1.54) is 24.5 Å². The second-order valence-electron chi connectivity index (χ2n) is 4.10. The molecule has 2 rings (SSSR count). The van der Waals surface area contributed by atoms with Crippen LogP contribution in [0, 0.1) is 11.8 Å². The Morgan fingerprint density at radius 1 is 1.38 bits per heavy atom. The summed E-state index contributed by atoms with van der Waals surface area (Å²) in [6, 6.07) is 6.05. The number of carbonyl (C=O) groups is 1. The molecule has 0 spiro atoms. The number of carbonyl (C=O) groups excluding carboxylic acids is 1. The van der Waals surface area contributed by atoms with E-state index in [4.69, 9.17) is 5.11 Å². The molecular weight excluding hydrogens is 270 g/mol. The smallest absolute Gasteiger partial charge is 0.258 e. The van der Waals surface area contributed by atoms with Gasteiger partial charge in [-0.15, -0.1) is 0 Å². The van der Waals surface area contributed by atoms with Crippen LogP contribution in [0.3, 0.4) is 0 Å². The van der Waals surface area contributed by atoms with Gasteiger partial charge in [-0.2, -0.15) is 0 Å². The number of pyridine rings is 2. The quantitative estimate of drug-likeness (QED) is 0.725. The molecule has 2 aromatic rings. The van der Waals surface area contributed by atoms with E-state index in [1.54, 1.807) is 12.1 Å². The number of nitrogens with one attached hydrogen (secondary N) is 2. The summed E-state index contributed by atoms with van der Waals surface area (Å²) in [7, 11) is 0. The van der Waals surface area contributed by atoms with Crippen molar-refractivity contribution >= 4 is 11.7 Å². The van der Waals surface area contributed by atoms with E-state index < -0.39 is 0 Å². The van der Waals surface area contributed by atoms with Crippen LogP contribution in [0.15, 0.2) is 41.5 Å². The molecule has 0 aliphatic heterocycles. The molecule has 0 unspecified atom stereocenters. The lowest BCUT2D eigenvalue weighted by molar-refractivity contribution is 0.102. The zero-order valence-electron chi connectivity index (χ0n) is 11.1. The normalized spacial score (nSPS) is 9.57. The number of aromatic nitrogens is 2. The summed E-state index contributed by atoms with van der Waals surface area (Å²) < 4.78 is 0. The molecule has 0 aromatic carbocycles. The van der Waals surface area contributed by atoms with Crippen LogP contribution >= 0.6 is 0 Å². The molecule has 0 bridgehead atoms. The maximum atomic E-state index is 12.0. The molecule has 0 fully saturated rings. The second kappa shape index (κ2) is 7.03. The molecule has 3 N–H and O–H groups in total. The number of nitrogens with zero attached hydrogens (tertiary/aromatic N) is 1. The highest BCUT2D eigenvalue weighted by atomic mass is 16.2. The molecule has 0 saturated carbocycles. The van der Waals surface area contributed by atoms with Gasteiger partial charge in [0, 0.05) is 30.4 Å². The van der Waals surface area contributed by atoms with Gasteiger partial charge in [0.1, 0.15) is 5.82 Å². The highest BCUT2D eigenvalue weighted by Crippen LogP contribution is 2.07. The molecule has 6 heteroatoms. The van der Waals surface area contributed by atoms with Gasteiger partial charge in [-0.25, -0.2) is 4.98 Å². The summed E-state index contributed by atoms with van der Waals surface area (Å²) in [5.74, 6) is 5.63. The predicted octanol–water partition coefficient (Wildman–Crippen LogP) is 0.756. The number of aliphatic hydroxyl groups is 1. The Balaban J connectivity index is 2.11. The summed E-state index contributed by atoms with van der Waals surface area (Å²) in [6.45, 7) is 0.00782. The summed E-state index contributed by atoms with van der Waals surface area (Å²) in [6.07, 6.45) is 3.26. The minimum absolute atomic E-state index is 0.00782. The van der Waals surface area contributed by atoms with E-state index in [9.17, 15) is 9.59 Å². The van der Waals surface area contributed by atoms with Crippen molar-refractivity contribution in [2.75, 3.05) is 11.9 Å². The van der Waals surface area contributed by atoms with E-state index in [0.717, 1.165) is 0 Å². The SMILES string of the molecule is O=C(Nc1cc(C#CCCO)ccn1)c1ccc(=O)[nH]c1. The van der Waals surface area contributed by atoms with Gasteiger partial charge in [0.2, 0.25) is 5.56 Å². The zero-order chi connectivity index (χ0) is 15.1. The van der Waals surface area contributed by atoms with Gasteiger partial charge >= 0.3 is 0 Å². The molecule has 21 heavy (non-hydrogen) atoms. The van der Waals surface area contributed by atoms with Crippen LogP contribution in [0.25, 0.3) is 0 Å². The molecule has 0 aliphatic rings. The van der Waals surface area contributed by atoms with Gasteiger partial charge in [0.25, 0.3) is 5.91 Å². The number of anilines is 1. The van der Waals surface area contributed by atoms with E-state index in [-0.39, 0.29) is 18.1 Å². The fraction of sp³-hybridized carbons (Fsp3) is 0.133. The molecule has 0 saturated heterocycles. The standard InChI is InChI=1S/C15H13N3O3/c19-8-2-1-3-11-6-7-16-13(9-11)18-15(21)12-4-5-14(20)17-10-12/h4-7,9-10,19H,2,8H2,(H,17,20)(H,16,18,21). The Morgan fingerprint density at radius 2 is 2.24 bits per heavy atom. The van der Waals surface area contributed by atoms with Crippen LogP contribution in [0.1, 0.15) is 22.3 Å². The summed E-state index contributed by atoms with van der Waals surface area (Å²) in [5, 5.41) is 11.3.